The van der Waals surface area contributed by atoms with Crippen molar-refractivity contribution >= 4 is 17.6 Å². The highest BCUT2D eigenvalue weighted by Crippen LogP contribution is 2.32. The van der Waals surface area contributed by atoms with Gasteiger partial charge in [-0.25, -0.2) is 4.39 Å². The van der Waals surface area contributed by atoms with Gasteiger partial charge in [-0.2, -0.15) is 5.26 Å². The first-order valence-corrected chi connectivity index (χ1v) is 6.25. The standard InChI is InChI=1S/C14H13FN2O3/c15-11-2-1-3-12(10(11)7-16)17-13(18)8-4-5-9(6-8)14(19)20/h1-3,8-9H,4-6H2,(H,17,18)(H,19,20)/t8-,9+/m1/s1. The molecule has 0 spiro atoms. The molecule has 2 atom stereocenters. The summed E-state index contributed by atoms with van der Waals surface area (Å²) in [6.45, 7) is 0. The van der Waals surface area contributed by atoms with E-state index in [9.17, 15) is 14.0 Å². The summed E-state index contributed by atoms with van der Waals surface area (Å²) in [6.07, 6.45) is 1.22. The Kier molecular flexibility index (Phi) is 3.99. The molecule has 1 aromatic rings. The Bertz CT molecular complexity index is 595. The minimum atomic E-state index is -0.899. The van der Waals surface area contributed by atoms with Crippen LogP contribution in [0, 0.1) is 29.0 Å². The Morgan fingerprint density at radius 1 is 1.35 bits per heavy atom. The monoisotopic (exact) mass is 276 g/mol. The van der Waals surface area contributed by atoms with E-state index in [2.05, 4.69) is 5.32 Å². The van der Waals surface area contributed by atoms with Crippen molar-refractivity contribution in [1.82, 2.24) is 0 Å². The number of benzene rings is 1. The smallest absolute Gasteiger partial charge is 0.306 e. The van der Waals surface area contributed by atoms with Crippen molar-refractivity contribution in [2.45, 2.75) is 19.3 Å². The maximum atomic E-state index is 13.4. The van der Waals surface area contributed by atoms with Gasteiger partial charge in [-0.1, -0.05) is 6.07 Å². The largest absolute Gasteiger partial charge is 0.481 e. The van der Waals surface area contributed by atoms with Gasteiger partial charge in [-0.15, -0.1) is 0 Å². The van der Waals surface area contributed by atoms with Crippen LogP contribution in [0.2, 0.25) is 0 Å². The molecular formula is C14H13FN2O3. The Balaban J connectivity index is 2.08. The molecule has 1 aliphatic rings. The molecule has 104 valence electrons. The number of nitriles is 1. The van der Waals surface area contributed by atoms with Gasteiger partial charge in [-0.3, -0.25) is 9.59 Å². The third kappa shape index (κ3) is 2.77. The van der Waals surface area contributed by atoms with Gasteiger partial charge in [0.2, 0.25) is 5.91 Å². The second kappa shape index (κ2) is 5.70. The van der Waals surface area contributed by atoms with Crippen molar-refractivity contribution in [1.29, 1.82) is 5.26 Å². The Morgan fingerprint density at radius 3 is 2.65 bits per heavy atom. The normalized spacial score (nSPS) is 21.2. The number of hydrogen-bond acceptors (Lipinski definition) is 3. The molecule has 1 aromatic carbocycles. The number of nitrogens with one attached hydrogen (secondary N) is 1. The van der Waals surface area contributed by atoms with Gasteiger partial charge in [0.15, 0.2) is 0 Å². The third-order valence-corrected chi connectivity index (χ3v) is 3.54. The van der Waals surface area contributed by atoms with Crippen LogP contribution in [-0.4, -0.2) is 17.0 Å². The van der Waals surface area contributed by atoms with Gasteiger partial charge in [0, 0.05) is 5.92 Å². The Labute approximate surface area is 115 Å². The molecule has 2 rings (SSSR count). The number of hydrogen-bond donors (Lipinski definition) is 2. The molecule has 1 saturated carbocycles. The van der Waals surface area contributed by atoms with E-state index in [1.807, 2.05) is 0 Å². The highest BCUT2D eigenvalue weighted by molar-refractivity contribution is 5.94. The molecule has 0 aliphatic heterocycles. The van der Waals surface area contributed by atoms with Crippen LogP contribution < -0.4 is 5.32 Å². The number of amides is 1. The lowest BCUT2D eigenvalue weighted by Crippen LogP contribution is -2.22. The quantitative estimate of drug-likeness (QED) is 0.884. The summed E-state index contributed by atoms with van der Waals surface area (Å²) in [5.74, 6) is -2.88. The van der Waals surface area contributed by atoms with Crippen LogP contribution in [0.25, 0.3) is 0 Å². The summed E-state index contributed by atoms with van der Waals surface area (Å²) in [6, 6.07) is 5.70. The molecule has 0 saturated heterocycles. The summed E-state index contributed by atoms with van der Waals surface area (Å²) >= 11 is 0. The first-order chi connectivity index (χ1) is 9.52. The average molecular weight is 276 g/mol. The van der Waals surface area contributed by atoms with Gasteiger partial charge in [0.1, 0.15) is 17.4 Å². The van der Waals surface area contributed by atoms with E-state index in [0.717, 1.165) is 6.07 Å². The first-order valence-electron chi connectivity index (χ1n) is 6.25. The number of halogens is 1. The lowest BCUT2D eigenvalue weighted by molar-refractivity contribution is -0.141. The SMILES string of the molecule is N#Cc1c(F)cccc1NC(=O)[C@@H]1CC[C@H](C(=O)O)C1. The Morgan fingerprint density at radius 2 is 2.05 bits per heavy atom. The third-order valence-electron chi connectivity index (χ3n) is 3.54. The number of rotatable bonds is 3. The van der Waals surface area contributed by atoms with E-state index in [-0.39, 0.29) is 23.6 Å². The average Bonchev–Trinajstić information content (AvgIpc) is 2.89. The minimum absolute atomic E-state index is 0.122. The number of carbonyl (C=O) groups excluding carboxylic acids is 1. The van der Waals surface area contributed by atoms with Crippen LogP contribution in [0.5, 0.6) is 0 Å². The predicted octanol–water partition coefficient (Wildman–Crippen LogP) is 2.14. The summed E-state index contributed by atoms with van der Waals surface area (Å²) in [7, 11) is 0. The number of carboxylic acid groups (broad SMARTS) is 1. The van der Waals surface area contributed by atoms with Crippen molar-refractivity contribution in [3.63, 3.8) is 0 Å². The van der Waals surface area contributed by atoms with Gasteiger partial charge in [0.25, 0.3) is 0 Å². The van der Waals surface area contributed by atoms with E-state index in [0.29, 0.717) is 12.8 Å². The number of carboxylic acids is 1. The summed E-state index contributed by atoms with van der Waals surface area (Å²) in [4.78, 5) is 22.9. The van der Waals surface area contributed by atoms with E-state index in [4.69, 9.17) is 10.4 Å². The fourth-order valence-corrected chi connectivity index (χ4v) is 2.42. The maximum Gasteiger partial charge on any atom is 0.306 e. The predicted molar refractivity (Wildman–Crippen MR) is 68.2 cm³/mol. The fraction of sp³-hybridized carbons (Fsp3) is 0.357. The fourth-order valence-electron chi connectivity index (χ4n) is 2.42. The van der Waals surface area contributed by atoms with E-state index in [1.54, 1.807) is 6.07 Å². The van der Waals surface area contributed by atoms with E-state index in [1.165, 1.54) is 12.1 Å². The highest BCUT2D eigenvalue weighted by atomic mass is 19.1. The zero-order valence-corrected chi connectivity index (χ0v) is 10.6. The molecule has 5 nitrogen and oxygen atoms in total. The zero-order valence-electron chi connectivity index (χ0n) is 10.6. The van der Waals surface area contributed by atoms with Gasteiger partial charge in [-0.05, 0) is 31.4 Å². The Hall–Kier alpha value is -2.42. The second-order valence-electron chi connectivity index (χ2n) is 4.81. The number of aliphatic carboxylic acids is 1. The molecule has 0 bridgehead atoms. The summed E-state index contributed by atoms with van der Waals surface area (Å²) in [5, 5.41) is 20.3. The van der Waals surface area contributed by atoms with Crippen LogP contribution in [-0.2, 0) is 9.59 Å². The van der Waals surface area contributed by atoms with Crippen molar-refractivity contribution < 1.29 is 19.1 Å². The molecule has 0 aromatic heterocycles. The van der Waals surface area contributed by atoms with Gasteiger partial charge in [0.05, 0.1) is 11.6 Å². The number of nitrogens with zero attached hydrogens (tertiary/aromatic N) is 1. The molecule has 20 heavy (non-hydrogen) atoms. The summed E-state index contributed by atoms with van der Waals surface area (Å²) < 4.78 is 13.4. The lowest BCUT2D eigenvalue weighted by Gasteiger charge is -2.12. The molecule has 0 unspecified atom stereocenters. The molecule has 1 amide bonds. The zero-order chi connectivity index (χ0) is 14.7. The number of carbonyl (C=O) groups is 2. The maximum absolute atomic E-state index is 13.4. The van der Waals surface area contributed by atoms with Crippen LogP contribution >= 0.6 is 0 Å². The van der Waals surface area contributed by atoms with Crippen LogP contribution in [0.1, 0.15) is 24.8 Å². The minimum Gasteiger partial charge on any atom is -0.481 e. The molecule has 2 N–H and O–H groups in total. The van der Waals surface area contributed by atoms with Crippen LogP contribution in [0.15, 0.2) is 18.2 Å². The molecule has 1 aliphatic carbocycles. The van der Waals surface area contributed by atoms with Gasteiger partial charge >= 0.3 is 5.97 Å². The molecule has 0 radical (unpaired) electrons. The number of anilines is 1. The van der Waals surface area contributed by atoms with Crippen LogP contribution in [0.4, 0.5) is 10.1 Å². The molecule has 0 heterocycles. The lowest BCUT2D eigenvalue weighted by atomic mass is 10.0. The van der Waals surface area contributed by atoms with E-state index >= 15 is 0 Å². The van der Waals surface area contributed by atoms with Crippen LogP contribution in [0.3, 0.4) is 0 Å². The van der Waals surface area contributed by atoms with Gasteiger partial charge < -0.3 is 10.4 Å². The first kappa shape index (κ1) is 14.0. The topological polar surface area (TPSA) is 90.2 Å². The molecule has 6 heteroatoms. The van der Waals surface area contributed by atoms with E-state index < -0.39 is 23.6 Å². The summed E-state index contributed by atoms with van der Waals surface area (Å²) in [5.41, 5.74) is -0.0927. The second-order valence-corrected chi connectivity index (χ2v) is 4.81. The van der Waals surface area contributed by atoms with Crippen molar-refractivity contribution in [2.24, 2.45) is 11.8 Å². The molecular weight excluding hydrogens is 263 g/mol. The highest BCUT2D eigenvalue weighted by Gasteiger charge is 2.34. The van der Waals surface area contributed by atoms with Crippen molar-refractivity contribution in [2.75, 3.05) is 5.32 Å². The van der Waals surface area contributed by atoms with Crippen molar-refractivity contribution in [3.05, 3.63) is 29.6 Å². The van der Waals surface area contributed by atoms with Crippen molar-refractivity contribution in [3.8, 4) is 6.07 Å². The molecule has 1 fully saturated rings.